The minimum Gasteiger partial charge on any atom is -0.331 e. The Kier molecular flexibility index (Phi) is 3.86. The highest BCUT2D eigenvalue weighted by atomic mass is 35.5. The van der Waals surface area contributed by atoms with Crippen LogP contribution in [0.3, 0.4) is 0 Å². The molecule has 0 saturated carbocycles. The van der Waals surface area contributed by atoms with E-state index in [1.165, 1.54) is 35.6 Å². The highest BCUT2D eigenvalue weighted by Gasteiger charge is 2.06. The minimum atomic E-state index is -0.464. The number of thiazole rings is 1. The van der Waals surface area contributed by atoms with Gasteiger partial charge in [0.25, 0.3) is 0 Å². The van der Waals surface area contributed by atoms with Gasteiger partial charge in [-0.25, -0.2) is 13.8 Å². The first kappa shape index (κ1) is 14.0. The Bertz CT molecular complexity index is 772. The fourth-order valence-corrected chi connectivity index (χ4v) is 2.70. The Balaban J connectivity index is 1.81. The number of hydrogen-bond donors (Lipinski definition) is 1. The normalized spacial score (nSPS) is 10.6. The highest BCUT2D eigenvalue weighted by Crippen LogP contribution is 2.28. The van der Waals surface area contributed by atoms with E-state index < -0.39 is 5.82 Å². The second kappa shape index (κ2) is 5.79. The van der Waals surface area contributed by atoms with Crippen molar-refractivity contribution in [3.05, 3.63) is 64.5 Å². The van der Waals surface area contributed by atoms with Crippen LogP contribution >= 0.6 is 22.9 Å². The van der Waals surface area contributed by atoms with Crippen LogP contribution in [0.4, 0.5) is 19.6 Å². The lowest BCUT2D eigenvalue weighted by molar-refractivity contribution is 0.628. The van der Waals surface area contributed by atoms with E-state index in [1.54, 1.807) is 18.2 Å². The van der Waals surface area contributed by atoms with Crippen LogP contribution in [0.5, 0.6) is 0 Å². The van der Waals surface area contributed by atoms with Crippen LogP contribution in [0.1, 0.15) is 0 Å². The van der Waals surface area contributed by atoms with Crippen molar-refractivity contribution in [2.75, 3.05) is 5.32 Å². The lowest BCUT2D eigenvalue weighted by Crippen LogP contribution is -1.90. The van der Waals surface area contributed by atoms with Crippen LogP contribution in [-0.2, 0) is 0 Å². The summed E-state index contributed by atoms with van der Waals surface area (Å²) >= 11 is 7.13. The lowest BCUT2D eigenvalue weighted by atomic mass is 10.2. The van der Waals surface area contributed by atoms with Crippen LogP contribution < -0.4 is 5.32 Å². The van der Waals surface area contributed by atoms with Crippen molar-refractivity contribution in [3.63, 3.8) is 0 Å². The van der Waals surface area contributed by atoms with Gasteiger partial charge in [-0.2, -0.15) is 0 Å². The topological polar surface area (TPSA) is 24.9 Å². The van der Waals surface area contributed by atoms with E-state index in [0.717, 1.165) is 11.3 Å². The van der Waals surface area contributed by atoms with Gasteiger partial charge in [0.1, 0.15) is 11.6 Å². The van der Waals surface area contributed by atoms with E-state index in [2.05, 4.69) is 10.3 Å². The summed E-state index contributed by atoms with van der Waals surface area (Å²) in [5, 5.41) is 5.62. The van der Waals surface area contributed by atoms with Crippen molar-refractivity contribution in [2.24, 2.45) is 0 Å². The molecule has 0 aliphatic carbocycles. The molecule has 0 aliphatic heterocycles. The maximum absolute atomic E-state index is 13.1. The molecule has 0 aliphatic rings. The van der Waals surface area contributed by atoms with Crippen LogP contribution in [0.15, 0.2) is 47.8 Å². The number of nitrogens with zero attached hydrogens (tertiary/aromatic N) is 1. The van der Waals surface area contributed by atoms with Gasteiger partial charge >= 0.3 is 0 Å². The Morgan fingerprint density at radius 3 is 2.52 bits per heavy atom. The first-order valence-corrected chi connectivity index (χ1v) is 7.31. The molecule has 3 rings (SSSR count). The Labute approximate surface area is 129 Å². The molecule has 0 spiro atoms. The predicted octanol–water partition coefficient (Wildman–Crippen LogP) is 5.49. The van der Waals surface area contributed by atoms with Gasteiger partial charge in [-0.1, -0.05) is 11.6 Å². The van der Waals surface area contributed by atoms with Gasteiger partial charge in [-0.05, 0) is 42.5 Å². The summed E-state index contributed by atoms with van der Waals surface area (Å²) in [6.45, 7) is 0. The van der Waals surface area contributed by atoms with Crippen molar-refractivity contribution < 1.29 is 8.78 Å². The first-order valence-electron chi connectivity index (χ1n) is 6.05. The maximum Gasteiger partial charge on any atom is 0.187 e. The number of rotatable bonds is 3. The molecule has 1 heterocycles. The van der Waals surface area contributed by atoms with Gasteiger partial charge in [0, 0.05) is 16.6 Å². The second-order valence-electron chi connectivity index (χ2n) is 4.30. The molecule has 0 unspecified atom stereocenters. The third-order valence-corrected chi connectivity index (χ3v) is 3.86. The molecule has 106 valence electrons. The number of anilines is 2. The summed E-state index contributed by atoms with van der Waals surface area (Å²) in [5.41, 5.74) is 2.23. The van der Waals surface area contributed by atoms with Crippen molar-refractivity contribution >= 4 is 33.8 Å². The van der Waals surface area contributed by atoms with E-state index in [0.29, 0.717) is 10.8 Å². The first-order chi connectivity index (χ1) is 10.1. The van der Waals surface area contributed by atoms with E-state index in [9.17, 15) is 8.78 Å². The van der Waals surface area contributed by atoms with Gasteiger partial charge in [0.15, 0.2) is 5.13 Å². The molecule has 0 amide bonds. The fraction of sp³-hybridized carbons (Fsp3) is 0. The molecule has 0 fully saturated rings. The minimum absolute atomic E-state index is 0.0512. The zero-order valence-electron chi connectivity index (χ0n) is 10.6. The third kappa shape index (κ3) is 3.20. The molecule has 0 radical (unpaired) electrons. The molecule has 6 heteroatoms. The van der Waals surface area contributed by atoms with Crippen LogP contribution in [-0.4, -0.2) is 4.98 Å². The molecule has 0 atom stereocenters. The monoisotopic (exact) mass is 322 g/mol. The number of benzene rings is 2. The second-order valence-corrected chi connectivity index (χ2v) is 5.56. The molecular weight excluding hydrogens is 314 g/mol. The summed E-state index contributed by atoms with van der Waals surface area (Å²) in [7, 11) is 0. The highest BCUT2D eigenvalue weighted by molar-refractivity contribution is 7.14. The molecule has 3 aromatic rings. The smallest absolute Gasteiger partial charge is 0.187 e. The lowest BCUT2D eigenvalue weighted by Gasteiger charge is -2.03. The Morgan fingerprint density at radius 2 is 1.81 bits per heavy atom. The summed E-state index contributed by atoms with van der Waals surface area (Å²) in [6, 6.07) is 10.5. The van der Waals surface area contributed by atoms with Gasteiger partial charge in [0.2, 0.25) is 0 Å². The van der Waals surface area contributed by atoms with Gasteiger partial charge in [-0.15, -0.1) is 11.3 Å². The molecule has 1 N–H and O–H groups in total. The summed E-state index contributed by atoms with van der Waals surface area (Å²) in [6.07, 6.45) is 0. The SMILES string of the molecule is Fc1ccc(-c2csc(Nc3ccc(F)c(Cl)c3)n2)cc1. The Hall–Kier alpha value is -1.98. The summed E-state index contributed by atoms with van der Waals surface area (Å²) in [5.74, 6) is -0.748. The average Bonchev–Trinajstić information content (AvgIpc) is 2.92. The van der Waals surface area contributed by atoms with E-state index in [4.69, 9.17) is 11.6 Å². The van der Waals surface area contributed by atoms with Crippen molar-refractivity contribution in [1.29, 1.82) is 0 Å². The number of nitrogens with one attached hydrogen (secondary N) is 1. The number of hydrogen-bond acceptors (Lipinski definition) is 3. The maximum atomic E-state index is 13.1. The Morgan fingerprint density at radius 1 is 1.05 bits per heavy atom. The number of halogens is 3. The van der Waals surface area contributed by atoms with E-state index in [1.807, 2.05) is 5.38 Å². The van der Waals surface area contributed by atoms with Crippen molar-refractivity contribution in [3.8, 4) is 11.3 Å². The average molecular weight is 323 g/mol. The number of aromatic nitrogens is 1. The summed E-state index contributed by atoms with van der Waals surface area (Å²) in [4.78, 5) is 4.41. The van der Waals surface area contributed by atoms with Gasteiger partial charge in [0.05, 0.1) is 10.7 Å². The van der Waals surface area contributed by atoms with Crippen LogP contribution in [0.25, 0.3) is 11.3 Å². The molecule has 0 bridgehead atoms. The third-order valence-electron chi connectivity index (χ3n) is 2.82. The van der Waals surface area contributed by atoms with Crippen LogP contribution in [0.2, 0.25) is 5.02 Å². The van der Waals surface area contributed by atoms with E-state index >= 15 is 0 Å². The predicted molar refractivity (Wildman–Crippen MR) is 82.2 cm³/mol. The van der Waals surface area contributed by atoms with Crippen LogP contribution in [0, 0.1) is 11.6 Å². The van der Waals surface area contributed by atoms with E-state index in [-0.39, 0.29) is 10.8 Å². The molecule has 2 aromatic carbocycles. The molecule has 0 saturated heterocycles. The quantitative estimate of drug-likeness (QED) is 0.690. The zero-order chi connectivity index (χ0) is 14.8. The molecule has 2 nitrogen and oxygen atoms in total. The summed E-state index contributed by atoms with van der Waals surface area (Å²) < 4.78 is 26.0. The molecule has 21 heavy (non-hydrogen) atoms. The van der Waals surface area contributed by atoms with Gasteiger partial charge in [-0.3, -0.25) is 0 Å². The zero-order valence-corrected chi connectivity index (χ0v) is 12.2. The largest absolute Gasteiger partial charge is 0.331 e. The standard InChI is InChI=1S/C15H9ClF2N2S/c16-12-7-11(5-6-13(12)18)19-15-20-14(8-21-15)9-1-3-10(17)4-2-9/h1-8H,(H,19,20). The fourth-order valence-electron chi connectivity index (χ4n) is 1.78. The van der Waals surface area contributed by atoms with Gasteiger partial charge < -0.3 is 5.32 Å². The van der Waals surface area contributed by atoms with Crippen molar-refractivity contribution in [1.82, 2.24) is 4.98 Å². The molecule has 1 aromatic heterocycles. The van der Waals surface area contributed by atoms with Crippen molar-refractivity contribution in [2.45, 2.75) is 0 Å². The molecular formula is C15H9ClF2N2S.